The molecule has 0 bridgehead atoms. The Morgan fingerprint density at radius 3 is 2.64 bits per heavy atom. The molecule has 2 N–H and O–H groups in total. The largest absolute Gasteiger partial charge is 0.363 e. The van der Waals surface area contributed by atoms with Gasteiger partial charge in [0, 0.05) is 17.8 Å². The van der Waals surface area contributed by atoms with E-state index in [1.807, 2.05) is 11.8 Å². The molecule has 1 aliphatic rings. The maximum absolute atomic E-state index is 5.18. The SMILES string of the molecule is CCCCNC(=S)NCC1(SC)CC1. The van der Waals surface area contributed by atoms with E-state index in [9.17, 15) is 0 Å². The Labute approximate surface area is 96.6 Å². The molecule has 0 aromatic rings. The van der Waals surface area contributed by atoms with Gasteiger partial charge in [-0.15, -0.1) is 0 Å². The average molecular weight is 232 g/mol. The zero-order valence-electron chi connectivity index (χ0n) is 9.06. The van der Waals surface area contributed by atoms with E-state index in [0.717, 1.165) is 18.2 Å². The van der Waals surface area contributed by atoms with Crippen LogP contribution in [0, 0.1) is 0 Å². The zero-order valence-corrected chi connectivity index (χ0v) is 10.7. The monoisotopic (exact) mass is 232 g/mol. The molecule has 0 aliphatic heterocycles. The molecule has 1 aliphatic carbocycles. The van der Waals surface area contributed by atoms with Crippen molar-refractivity contribution < 1.29 is 0 Å². The number of nitrogens with one attached hydrogen (secondary N) is 2. The summed E-state index contributed by atoms with van der Waals surface area (Å²) in [5.41, 5.74) is 0. The molecule has 0 unspecified atom stereocenters. The Kier molecular flexibility index (Phi) is 5.02. The van der Waals surface area contributed by atoms with Gasteiger partial charge in [-0.2, -0.15) is 11.8 Å². The molecule has 14 heavy (non-hydrogen) atoms. The van der Waals surface area contributed by atoms with Gasteiger partial charge in [-0.1, -0.05) is 13.3 Å². The summed E-state index contributed by atoms with van der Waals surface area (Å²) in [4.78, 5) is 0. The maximum Gasteiger partial charge on any atom is 0.166 e. The third-order valence-corrected chi connectivity index (χ3v) is 4.33. The fraction of sp³-hybridized carbons (Fsp3) is 0.900. The standard InChI is InChI=1S/C10H20N2S2/c1-3-4-7-11-9(13)12-8-10(14-2)5-6-10/h3-8H2,1-2H3,(H2,11,12,13). The number of thioether (sulfide) groups is 1. The van der Waals surface area contributed by atoms with Crippen LogP contribution in [0.15, 0.2) is 0 Å². The van der Waals surface area contributed by atoms with E-state index in [2.05, 4.69) is 23.8 Å². The Bertz CT molecular complexity index is 191. The smallest absolute Gasteiger partial charge is 0.166 e. The molecular weight excluding hydrogens is 212 g/mol. The van der Waals surface area contributed by atoms with Crippen LogP contribution in [0.25, 0.3) is 0 Å². The Balaban J connectivity index is 2.03. The normalized spacial score (nSPS) is 17.6. The Hall–Kier alpha value is 0.0400. The van der Waals surface area contributed by atoms with Crippen molar-refractivity contribution in [2.24, 2.45) is 0 Å². The second-order valence-corrected chi connectivity index (χ2v) is 5.53. The number of hydrogen-bond acceptors (Lipinski definition) is 2. The van der Waals surface area contributed by atoms with Crippen LogP contribution in [0.1, 0.15) is 32.6 Å². The van der Waals surface area contributed by atoms with E-state index in [0.29, 0.717) is 4.75 Å². The lowest BCUT2D eigenvalue weighted by molar-refractivity contribution is 0.730. The number of unbranched alkanes of at least 4 members (excludes halogenated alkanes) is 1. The summed E-state index contributed by atoms with van der Waals surface area (Å²) in [7, 11) is 0. The molecule has 2 nitrogen and oxygen atoms in total. The topological polar surface area (TPSA) is 24.1 Å². The van der Waals surface area contributed by atoms with Gasteiger partial charge >= 0.3 is 0 Å². The van der Waals surface area contributed by atoms with Gasteiger partial charge in [0.25, 0.3) is 0 Å². The minimum atomic E-state index is 0.497. The van der Waals surface area contributed by atoms with Gasteiger partial charge in [-0.3, -0.25) is 0 Å². The fourth-order valence-corrected chi connectivity index (χ4v) is 2.18. The van der Waals surface area contributed by atoms with Crippen molar-refractivity contribution in [2.75, 3.05) is 19.3 Å². The predicted molar refractivity (Wildman–Crippen MR) is 69.0 cm³/mol. The molecule has 0 aromatic carbocycles. The molecule has 1 saturated carbocycles. The van der Waals surface area contributed by atoms with Crippen molar-refractivity contribution in [3.8, 4) is 0 Å². The van der Waals surface area contributed by atoms with Crippen LogP contribution in [0.4, 0.5) is 0 Å². The number of rotatable bonds is 6. The number of hydrogen-bond donors (Lipinski definition) is 2. The average Bonchev–Trinajstić information content (AvgIpc) is 2.96. The maximum atomic E-state index is 5.18. The van der Waals surface area contributed by atoms with Crippen molar-refractivity contribution in [1.82, 2.24) is 10.6 Å². The van der Waals surface area contributed by atoms with E-state index < -0.39 is 0 Å². The van der Waals surface area contributed by atoms with E-state index in [1.54, 1.807) is 0 Å². The van der Waals surface area contributed by atoms with E-state index in [-0.39, 0.29) is 0 Å². The van der Waals surface area contributed by atoms with Crippen LogP contribution in [-0.2, 0) is 0 Å². The molecule has 0 radical (unpaired) electrons. The lowest BCUT2D eigenvalue weighted by Gasteiger charge is -2.15. The summed E-state index contributed by atoms with van der Waals surface area (Å²) >= 11 is 7.14. The second-order valence-electron chi connectivity index (χ2n) is 3.85. The van der Waals surface area contributed by atoms with Crippen molar-refractivity contribution in [2.45, 2.75) is 37.4 Å². The van der Waals surface area contributed by atoms with Crippen molar-refractivity contribution in [3.05, 3.63) is 0 Å². The molecular formula is C10H20N2S2. The lowest BCUT2D eigenvalue weighted by atomic mass is 10.3. The minimum absolute atomic E-state index is 0.497. The van der Waals surface area contributed by atoms with Gasteiger partial charge < -0.3 is 10.6 Å². The number of thiocarbonyl (C=S) groups is 1. The molecule has 0 spiro atoms. The van der Waals surface area contributed by atoms with Gasteiger partial charge in [-0.25, -0.2) is 0 Å². The van der Waals surface area contributed by atoms with Gasteiger partial charge in [0.15, 0.2) is 5.11 Å². The van der Waals surface area contributed by atoms with Crippen LogP contribution in [0.3, 0.4) is 0 Å². The van der Waals surface area contributed by atoms with Gasteiger partial charge in [0.2, 0.25) is 0 Å². The first kappa shape index (κ1) is 12.1. The molecule has 82 valence electrons. The van der Waals surface area contributed by atoms with Crippen LogP contribution >= 0.6 is 24.0 Å². The van der Waals surface area contributed by atoms with Crippen molar-refractivity contribution in [1.29, 1.82) is 0 Å². The molecule has 0 amide bonds. The molecule has 1 rings (SSSR count). The summed E-state index contributed by atoms with van der Waals surface area (Å²) in [5, 5.41) is 7.33. The highest BCUT2D eigenvalue weighted by Crippen LogP contribution is 2.46. The summed E-state index contributed by atoms with van der Waals surface area (Å²) in [6, 6.07) is 0. The van der Waals surface area contributed by atoms with Crippen LogP contribution in [-0.4, -0.2) is 29.2 Å². The fourth-order valence-electron chi connectivity index (χ4n) is 1.28. The first-order valence-electron chi connectivity index (χ1n) is 5.29. The predicted octanol–water partition coefficient (Wildman–Crippen LogP) is 2.15. The highest BCUT2D eigenvalue weighted by Gasteiger charge is 2.41. The van der Waals surface area contributed by atoms with Crippen LogP contribution in [0.5, 0.6) is 0 Å². The third-order valence-electron chi connectivity index (χ3n) is 2.63. The summed E-state index contributed by atoms with van der Waals surface area (Å²) in [5.74, 6) is 0. The molecule has 0 saturated heterocycles. The Morgan fingerprint density at radius 2 is 2.14 bits per heavy atom. The second kappa shape index (κ2) is 5.81. The van der Waals surface area contributed by atoms with Crippen LogP contribution in [0.2, 0.25) is 0 Å². The summed E-state index contributed by atoms with van der Waals surface area (Å²) in [6.45, 7) is 4.20. The lowest BCUT2D eigenvalue weighted by Crippen LogP contribution is -2.39. The highest BCUT2D eigenvalue weighted by atomic mass is 32.2. The minimum Gasteiger partial charge on any atom is -0.363 e. The first-order chi connectivity index (χ1) is 6.72. The van der Waals surface area contributed by atoms with Crippen molar-refractivity contribution in [3.63, 3.8) is 0 Å². The zero-order chi connectivity index (χ0) is 10.4. The van der Waals surface area contributed by atoms with Gasteiger partial charge in [0.05, 0.1) is 0 Å². The molecule has 4 heteroatoms. The van der Waals surface area contributed by atoms with E-state index in [1.165, 1.54) is 25.7 Å². The molecule has 0 atom stereocenters. The summed E-state index contributed by atoms with van der Waals surface area (Å²) in [6.07, 6.45) is 7.25. The highest BCUT2D eigenvalue weighted by molar-refractivity contribution is 8.00. The van der Waals surface area contributed by atoms with E-state index >= 15 is 0 Å². The van der Waals surface area contributed by atoms with Gasteiger partial charge in [-0.05, 0) is 37.7 Å². The Morgan fingerprint density at radius 1 is 1.43 bits per heavy atom. The van der Waals surface area contributed by atoms with Gasteiger partial charge in [0.1, 0.15) is 0 Å². The van der Waals surface area contributed by atoms with E-state index in [4.69, 9.17) is 12.2 Å². The first-order valence-corrected chi connectivity index (χ1v) is 6.92. The van der Waals surface area contributed by atoms with Crippen molar-refractivity contribution >= 4 is 29.1 Å². The summed E-state index contributed by atoms with van der Waals surface area (Å²) < 4.78 is 0.497. The molecule has 0 heterocycles. The quantitative estimate of drug-likeness (QED) is 0.541. The third kappa shape index (κ3) is 4.05. The molecule has 0 aromatic heterocycles. The van der Waals surface area contributed by atoms with Crippen LogP contribution < -0.4 is 10.6 Å². The molecule has 1 fully saturated rings.